The number of hydrogen-bond donors (Lipinski definition) is 1. The quantitative estimate of drug-likeness (QED) is 0.790. The van der Waals surface area contributed by atoms with Crippen molar-refractivity contribution in [1.29, 1.82) is 0 Å². The molecule has 1 aromatic heterocycles. The Morgan fingerprint density at radius 2 is 2.29 bits per heavy atom. The summed E-state index contributed by atoms with van der Waals surface area (Å²) in [6.07, 6.45) is 0. The van der Waals surface area contributed by atoms with Crippen LogP contribution < -0.4 is 5.32 Å². The van der Waals surface area contributed by atoms with Gasteiger partial charge in [-0.3, -0.25) is 0 Å². The molecule has 0 amide bonds. The van der Waals surface area contributed by atoms with Crippen LogP contribution in [0.3, 0.4) is 0 Å². The molecule has 1 rings (SSSR count). The van der Waals surface area contributed by atoms with Gasteiger partial charge in [0.05, 0.1) is 10.7 Å². The van der Waals surface area contributed by atoms with Gasteiger partial charge in [-0.15, -0.1) is 22.9 Å². The smallest absolute Gasteiger partial charge is 0.0897 e. The second-order valence-electron chi connectivity index (χ2n) is 3.75. The van der Waals surface area contributed by atoms with E-state index in [0.29, 0.717) is 5.92 Å². The van der Waals surface area contributed by atoms with Crippen molar-refractivity contribution >= 4 is 22.9 Å². The Morgan fingerprint density at radius 3 is 2.79 bits per heavy atom. The molecule has 1 unspecified atom stereocenters. The second-order valence-corrected chi connectivity index (χ2v) is 5.37. The zero-order valence-corrected chi connectivity index (χ0v) is 10.5. The largest absolute Gasteiger partial charge is 0.310 e. The summed E-state index contributed by atoms with van der Waals surface area (Å²) in [7, 11) is 0. The van der Waals surface area contributed by atoms with E-state index in [9.17, 15) is 0 Å². The van der Waals surface area contributed by atoms with Gasteiger partial charge in [-0.1, -0.05) is 13.8 Å². The third-order valence-electron chi connectivity index (χ3n) is 2.04. The maximum atomic E-state index is 6.11. The Morgan fingerprint density at radius 1 is 1.57 bits per heavy atom. The van der Waals surface area contributed by atoms with Gasteiger partial charge in [0.1, 0.15) is 0 Å². The molecule has 14 heavy (non-hydrogen) atoms. The van der Waals surface area contributed by atoms with Crippen molar-refractivity contribution in [2.45, 2.75) is 32.7 Å². The summed E-state index contributed by atoms with van der Waals surface area (Å²) in [5.41, 5.74) is 1.11. The van der Waals surface area contributed by atoms with E-state index < -0.39 is 0 Å². The van der Waals surface area contributed by atoms with Crippen molar-refractivity contribution in [3.63, 3.8) is 0 Å². The van der Waals surface area contributed by atoms with Crippen molar-refractivity contribution in [3.05, 3.63) is 16.1 Å². The van der Waals surface area contributed by atoms with Crippen LogP contribution in [0.1, 0.15) is 24.5 Å². The summed E-state index contributed by atoms with van der Waals surface area (Å²) >= 11 is 7.79. The molecule has 1 heterocycles. The number of hydrogen-bond acceptors (Lipinski definition) is 3. The molecular weight excluding hydrogens is 216 g/mol. The van der Waals surface area contributed by atoms with Crippen LogP contribution in [-0.2, 0) is 6.54 Å². The number of rotatable bonds is 5. The zero-order chi connectivity index (χ0) is 10.6. The molecule has 0 bridgehead atoms. The van der Waals surface area contributed by atoms with Gasteiger partial charge < -0.3 is 5.32 Å². The number of halogens is 1. The molecule has 0 radical (unpaired) electrons. The normalized spacial score (nSPS) is 13.5. The fraction of sp³-hybridized carbons (Fsp3) is 0.700. The molecule has 1 atom stereocenters. The summed E-state index contributed by atoms with van der Waals surface area (Å²) in [5.74, 6) is 0.515. The topological polar surface area (TPSA) is 24.9 Å². The molecule has 0 aliphatic heterocycles. The first kappa shape index (κ1) is 12.0. The average Bonchev–Trinajstić information content (AvgIpc) is 2.51. The standard InChI is InChI=1S/C10H17ClN2S/c1-7(2)10(11)5-12-4-9-6-14-8(3)13-9/h6-7,10,12H,4-5H2,1-3H3. The molecule has 1 N–H and O–H groups in total. The molecule has 0 spiro atoms. The summed E-state index contributed by atoms with van der Waals surface area (Å²) in [6, 6.07) is 0. The van der Waals surface area contributed by atoms with Crippen molar-refractivity contribution in [2.75, 3.05) is 6.54 Å². The van der Waals surface area contributed by atoms with Crippen LogP contribution in [0.15, 0.2) is 5.38 Å². The Kier molecular flexibility index (Phi) is 4.85. The van der Waals surface area contributed by atoms with Crippen LogP contribution in [-0.4, -0.2) is 16.9 Å². The van der Waals surface area contributed by atoms with Gasteiger partial charge in [-0.2, -0.15) is 0 Å². The highest BCUT2D eigenvalue weighted by molar-refractivity contribution is 7.09. The zero-order valence-electron chi connectivity index (χ0n) is 8.88. The lowest BCUT2D eigenvalue weighted by Crippen LogP contribution is -2.26. The Hall–Kier alpha value is -0.120. The summed E-state index contributed by atoms with van der Waals surface area (Å²) in [6.45, 7) is 7.95. The van der Waals surface area contributed by atoms with E-state index in [4.69, 9.17) is 11.6 Å². The molecule has 2 nitrogen and oxygen atoms in total. The van der Waals surface area contributed by atoms with Crippen molar-refractivity contribution < 1.29 is 0 Å². The van der Waals surface area contributed by atoms with E-state index in [1.165, 1.54) is 0 Å². The van der Waals surface area contributed by atoms with E-state index in [2.05, 4.69) is 29.5 Å². The van der Waals surface area contributed by atoms with Gasteiger partial charge in [0.15, 0.2) is 0 Å². The van der Waals surface area contributed by atoms with Gasteiger partial charge in [0, 0.05) is 23.8 Å². The summed E-state index contributed by atoms with van der Waals surface area (Å²) in [5, 5.41) is 6.71. The molecule has 0 saturated heterocycles. The predicted molar refractivity (Wildman–Crippen MR) is 63.0 cm³/mol. The minimum absolute atomic E-state index is 0.203. The highest BCUT2D eigenvalue weighted by Crippen LogP contribution is 2.09. The average molecular weight is 233 g/mol. The SMILES string of the molecule is Cc1nc(CNCC(Cl)C(C)C)cs1. The molecule has 4 heteroatoms. The Balaban J connectivity index is 2.22. The number of nitrogens with one attached hydrogen (secondary N) is 1. The number of aromatic nitrogens is 1. The van der Waals surface area contributed by atoms with Crippen molar-refractivity contribution in [3.8, 4) is 0 Å². The highest BCUT2D eigenvalue weighted by Gasteiger charge is 2.08. The lowest BCUT2D eigenvalue weighted by Gasteiger charge is -2.13. The Labute approximate surface area is 94.7 Å². The van der Waals surface area contributed by atoms with Crippen LogP contribution in [0.2, 0.25) is 0 Å². The molecule has 0 aliphatic rings. The van der Waals surface area contributed by atoms with E-state index in [-0.39, 0.29) is 5.38 Å². The minimum Gasteiger partial charge on any atom is -0.310 e. The van der Waals surface area contributed by atoms with E-state index in [1.807, 2.05) is 6.92 Å². The lowest BCUT2D eigenvalue weighted by molar-refractivity contribution is 0.543. The van der Waals surface area contributed by atoms with E-state index in [0.717, 1.165) is 23.8 Å². The maximum absolute atomic E-state index is 6.11. The monoisotopic (exact) mass is 232 g/mol. The third-order valence-corrected chi connectivity index (χ3v) is 3.52. The highest BCUT2D eigenvalue weighted by atomic mass is 35.5. The molecule has 0 fully saturated rings. The van der Waals surface area contributed by atoms with Crippen molar-refractivity contribution in [2.24, 2.45) is 5.92 Å². The molecule has 80 valence electrons. The van der Waals surface area contributed by atoms with Crippen molar-refractivity contribution in [1.82, 2.24) is 10.3 Å². The molecule has 0 saturated carbocycles. The van der Waals surface area contributed by atoms with Crippen LogP contribution in [0.25, 0.3) is 0 Å². The Bertz CT molecular complexity index is 273. The number of alkyl halides is 1. The minimum atomic E-state index is 0.203. The van der Waals surface area contributed by atoms with Gasteiger partial charge in [-0.25, -0.2) is 4.98 Å². The van der Waals surface area contributed by atoms with Crippen LogP contribution >= 0.6 is 22.9 Å². The fourth-order valence-corrected chi connectivity index (χ4v) is 1.78. The van der Waals surface area contributed by atoms with Crippen LogP contribution in [0.5, 0.6) is 0 Å². The number of aryl methyl sites for hydroxylation is 1. The molecule has 1 aromatic rings. The van der Waals surface area contributed by atoms with Gasteiger partial charge >= 0.3 is 0 Å². The fourth-order valence-electron chi connectivity index (χ4n) is 1.06. The third kappa shape index (κ3) is 3.95. The maximum Gasteiger partial charge on any atom is 0.0897 e. The lowest BCUT2D eigenvalue weighted by atomic mass is 10.1. The number of thiazole rings is 1. The van der Waals surface area contributed by atoms with Crippen LogP contribution in [0.4, 0.5) is 0 Å². The predicted octanol–water partition coefficient (Wildman–Crippen LogP) is 2.80. The molecular formula is C10H17ClN2S. The van der Waals surface area contributed by atoms with Gasteiger partial charge in [-0.05, 0) is 12.8 Å². The summed E-state index contributed by atoms with van der Waals surface area (Å²) in [4.78, 5) is 4.37. The van der Waals surface area contributed by atoms with Gasteiger partial charge in [0.2, 0.25) is 0 Å². The first-order valence-corrected chi connectivity index (χ1v) is 6.17. The second kappa shape index (κ2) is 5.69. The molecule has 0 aromatic carbocycles. The molecule has 0 aliphatic carbocycles. The van der Waals surface area contributed by atoms with Crippen LogP contribution in [0, 0.1) is 12.8 Å². The first-order chi connectivity index (χ1) is 6.59. The van der Waals surface area contributed by atoms with E-state index >= 15 is 0 Å². The number of nitrogens with zero attached hydrogens (tertiary/aromatic N) is 1. The summed E-state index contributed by atoms with van der Waals surface area (Å²) < 4.78 is 0. The first-order valence-electron chi connectivity index (χ1n) is 4.85. The van der Waals surface area contributed by atoms with Gasteiger partial charge in [0.25, 0.3) is 0 Å². The van der Waals surface area contributed by atoms with E-state index in [1.54, 1.807) is 11.3 Å².